The van der Waals surface area contributed by atoms with Crippen LogP contribution in [-0.4, -0.2) is 43.5 Å². The van der Waals surface area contributed by atoms with Gasteiger partial charge in [0.15, 0.2) is 5.65 Å². The molecule has 0 N–H and O–H groups in total. The smallest absolute Gasteiger partial charge is 0.293 e. The fourth-order valence-electron chi connectivity index (χ4n) is 4.21. The average molecular weight is 355 g/mol. The van der Waals surface area contributed by atoms with Crippen LogP contribution in [0, 0.1) is 0 Å². The van der Waals surface area contributed by atoms with Gasteiger partial charge in [0.2, 0.25) is 5.82 Å². The van der Waals surface area contributed by atoms with Gasteiger partial charge in [-0.25, -0.2) is 14.5 Å². The van der Waals surface area contributed by atoms with E-state index in [2.05, 4.69) is 22.0 Å². The maximum absolute atomic E-state index is 12.8. The molecule has 0 bridgehead atoms. The third kappa shape index (κ3) is 2.36. The molecule has 3 aromatic heterocycles. The van der Waals surface area contributed by atoms with E-state index in [0.717, 1.165) is 48.2 Å². The summed E-state index contributed by atoms with van der Waals surface area (Å²) in [6.45, 7) is 3.91. The largest absolute Gasteiger partial charge is 0.336 e. The van der Waals surface area contributed by atoms with Crippen molar-refractivity contribution in [3.63, 3.8) is 0 Å². The zero-order valence-electron chi connectivity index (χ0n) is 14.4. The molecule has 0 spiro atoms. The second-order valence-corrected chi connectivity index (χ2v) is 8.30. The lowest BCUT2D eigenvalue weighted by Crippen LogP contribution is -2.36. The van der Waals surface area contributed by atoms with E-state index in [1.54, 1.807) is 22.2 Å². The number of hydrogen-bond acceptors (Lipinski definition) is 5. The first-order valence-corrected chi connectivity index (χ1v) is 10.00. The van der Waals surface area contributed by atoms with Crippen molar-refractivity contribution >= 4 is 33.1 Å². The van der Waals surface area contributed by atoms with Crippen LogP contribution in [0.1, 0.15) is 66.0 Å². The van der Waals surface area contributed by atoms with Gasteiger partial charge in [0.25, 0.3) is 5.91 Å². The van der Waals surface area contributed by atoms with Crippen LogP contribution in [0.2, 0.25) is 0 Å². The van der Waals surface area contributed by atoms with Crippen molar-refractivity contribution in [2.75, 3.05) is 13.1 Å². The first kappa shape index (κ1) is 15.3. The van der Waals surface area contributed by atoms with E-state index in [4.69, 9.17) is 0 Å². The Hall–Kier alpha value is -2.02. The first-order chi connectivity index (χ1) is 12.2. The minimum Gasteiger partial charge on any atom is -0.336 e. The number of aryl methyl sites for hydroxylation is 1. The minimum absolute atomic E-state index is 0.0475. The molecule has 0 aromatic carbocycles. The predicted octanol–water partition coefficient (Wildman–Crippen LogP) is 3.40. The van der Waals surface area contributed by atoms with Crippen LogP contribution in [-0.2, 0) is 6.42 Å². The summed E-state index contributed by atoms with van der Waals surface area (Å²) in [5, 5.41) is 5.56. The number of carbonyl (C=O) groups is 1. The highest BCUT2D eigenvalue weighted by Crippen LogP contribution is 2.42. The van der Waals surface area contributed by atoms with Crippen LogP contribution >= 0.6 is 11.3 Å². The molecule has 130 valence electrons. The van der Waals surface area contributed by atoms with E-state index in [0.29, 0.717) is 11.7 Å². The molecule has 25 heavy (non-hydrogen) atoms. The van der Waals surface area contributed by atoms with Gasteiger partial charge in [0.1, 0.15) is 11.2 Å². The Balaban J connectivity index is 1.65. The number of hydrogen-bond donors (Lipinski definition) is 0. The number of aromatic nitrogens is 4. The molecule has 0 saturated carbocycles. The number of amides is 1. The van der Waals surface area contributed by atoms with Gasteiger partial charge in [-0.15, -0.1) is 16.4 Å². The summed E-state index contributed by atoms with van der Waals surface area (Å²) < 4.78 is 1.69. The van der Waals surface area contributed by atoms with E-state index in [1.807, 2.05) is 4.90 Å². The van der Waals surface area contributed by atoms with Crippen LogP contribution in [0.4, 0.5) is 0 Å². The maximum atomic E-state index is 12.8. The molecule has 1 amide bonds. The topological polar surface area (TPSA) is 63.4 Å². The quantitative estimate of drug-likeness (QED) is 0.671. The molecule has 2 aliphatic rings. The molecular weight excluding hydrogens is 334 g/mol. The van der Waals surface area contributed by atoms with Crippen molar-refractivity contribution in [1.82, 2.24) is 24.5 Å². The first-order valence-electron chi connectivity index (χ1n) is 9.18. The van der Waals surface area contributed by atoms with Gasteiger partial charge >= 0.3 is 0 Å². The molecule has 1 aliphatic carbocycles. The lowest BCUT2D eigenvalue weighted by molar-refractivity contribution is 0.0712. The molecular formula is C18H21N5OS. The van der Waals surface area contributed by atoms with Crippen molar-refractivity contribution in [3.05, 3.63) is 22.6 Å². The van der Waals surface area contributed by atoms with Crippen LogP contribution in [0.15, 0.2) is 6.33 Å². The maximum Gasteiger partial charge on any atom is 0.293 e. The highest BCUT2D eigenvalue weighted by molar-refractivity contribution is 7.19. The molecule has 0 radical (unpaired) electrons. The number of rotatable bonds is 1. The number of nitrogens with zero attached hydrogens (tertiary/aromatic N) is 5. The fourth-order valence-corrected chi connectivity index (χ4v) is 5.51. The SMILES string of the molecule is C[C@H]1CCCc2sc3ncn4nc(C(=O)N5CCCCC5)nc4c3c21. The summed E-state index contributed by atoms with van der Waals surface area (Å²) in [7, 11) is 0. The second kappa shape index (κ2) is 5.76. The molecule has 1 saturated heterocycles. The van der Waals surface area contributed by atoms with Crippen molar-refractivity contribution < 1.29 is 4.79 Å². The molecule has 3 aromatic rings. The molecule has 5 rings (SSSR count). The highest BCUT2D eigenvalue weighted by atomic mass is 32.1. The van der Waals surface area contributed by atoms with Gasteiger partial charge in [-0.2, -0.15) is 0 Å². The third-order valence-corrected chi connectivity index (χ3v) is 6.68. The number of piperidine rings is 1. The van der Waals surface area contributed by atoms with Gasteiger partial charge in [-0.1, -0.05) is 6.92 Å². The van der Waals surface area contributed by atoms with E-state index < -0.39 is 0 Å². The van der Waals surface area contributed by atoms with E-state index in [1.165, 1.54) is 29.7 Å². The van der Waals surface area contributed by atoms with Gasteiger partial charge in [-0.05, 0) is 50.0 Å². The Morgan fingerprint density at radius 3 is 2.92 bits per heavy atom. The van der Waals surface area contributed by atoms with Crippen molar-refractivity contribution in [3.8, 4) is 0 Å². The van der Waals surface area contributed by atoms with Crippen LogP contribution < -0.4 is 0 Å². The molecule has 1 fully saturated rings. The van der Waals surface area contributed by atoms with Crippen LogP contribution in [0.3, 0.4) is 0 Å². The van der Waals surface area contributed by atoms with Crippen molar-refractivity contribution in [1.29, 1.82) is 0 Å². The van der Waals surface area contributed by atoms with Gasteiger partial charge in [-0.3, -0.25) is 4.79 Å². The van der Waals surface area contributed by atoms with Gasteiger partial charge in [0.05, 0.1) is 5.39 Å². The Kier molecular flexibility index (Phi) is 3.51. The number of carbonyl (C=O) groups excluding carboxylic acids is 1. The lowest BCUT2D eigenvalue weighted by Gasteiger charge is -2.25. The molecule has 1 aliphatic heterocycles. The van der Waals surface area contributed by atoms with Crippen LogP contribution in [0.5, 0.6) is 0 Å². The van der Waals surface area contributed by atoms with E-state index in [9.17, 15) is 4.79 Å². The molecule has 4 heterocycles. The predicted molar refractivity (Wildman–Crippen MR) is 97.3 cm³/mol. The minimum atomic E-state index is -0.0475. The number of fused-ring (bicyclic) bond motifs is 5. The molecule has 6 nitrogen and oxygen atoms in total. The third-order valence-electron chi connectivity index (χ3n) is 5.51. The monoisotopic (exact) mass is 355 g/mol. The second-order valence-electron chi connectivity index (χ2n) is 7.21. The zero-order valence-corrected chi connectivity index (χ0v) is 15.2. The van der Waals surface area contributed by atoms with Crippen LogP contribution in [0.25, 0.3) is 15.9 Å². The molecule has 1 atom stereocenters. The van der Waals surface area contributed by atoms with E-state index >= 15 is 0 Å². The standard InChI is InChI=1S/C18H21N5OS/c1-11-6-5-7-12-13(11)14-16-20-15(18(24)22-8-3-2-4-9-22)21-23(16)10-19-17(14)25-12/h10-11H,2-9H2,1H3/t11-/m0/s1. The Morgan fingerprint density at radius 1 is 1.24 bits per heavy atom. The summed E-state index contributed by atoms with van der Waals surface area (Å²) in [6, 6.07) is 0. The Labute approximate surface area is 149 Å². The average Bonchev–Trinajstić information content (AvgIpc) is 3.23. The summed E-state index contributed by atoms with van der Waals surface area (Å²) in [4.78, 5) is 26.4. The normalized spacial score (nSPS) is 21.0. The summed E-state index contributed by atoms with van der Waals surface area (Å²) >= 11 is 1.78. The summed E-state index contributed by atoms with van der Waals surface area (Å²) in [6.07, 6.45) is 8.61. The Morgan fingerprint density at radius 2 is 2.08 bits per heavy atom. The summed E-state index contributed by atoms with van der Waals surface area (Å²) in [5.41, 5.74) is 2.17. The number of thiophene rings is 1. The zero-order chi connectivity index (χ0) is 17.0. The number of likely N-dealkylation sites (tertiary alicyclic amines) is 1. The molecule has 7 heteroatoms. The highest BCUT2D eigenvalue weighted by Gasteiger charge is 2.27. The summed E-state index contributed by atoms with van der Waals surface area (Å²) in [5.74, 6) is 0.775. The fraction of sp³-hybridized carbons (Fsp3) is 0.556. The van der Waals surface area contributed by atoms with Crippen molar-refractivity contribution in [2.45, 2.75) is 51.4 Å². The van der Waals surface area contributed by atoms with Gasteiger partial charge < -0.3 is 4.90 Å². The Bertz CT molecular complexity index is 969. The lowest BCUT2D eigenvalue weighted by atomic mass is 9.87. The molecule has 0 unspecified atom stereocenters. The van der Waals surface area contributed by atoms with E-state index in [-0.39, 0.29) is 5.91 Å². The van der Waals surface area contributed by atoms with Crippen molar-refractivity contribution in [2.24, 2.45) is 0 Å². The van der Waals surface area contributed by atoms with Gasteiger partial charge in [0, 0.05) is 18.0 Å².